The summed E-state index contributed by atoms with van der Waals surface area (Å²) in [6.45, 7) is 7.05. The zero-order valence-electron chi connectivity index (χ0n) is 22.9. The van der Waals surface area contributed by atoms with Gasteiger partial charge < -0.3 is 35.0 Å². The third-order valence-electron chi connectivity index (χ3n) is 6.67. The van der Waals surface area contributed by atoms with Crippen LogP contribution in [0.3, 0.4) is 0 Å². The molecular weight excluding hydrogens is 569 g/mol. The first-order valence-corrected chi connectivity index (χ1v) is 13.5. The molecule has 226 valence electrons. The smallest absolute Gasteiger partial charge is 0.430 e. The zero-order valence-corrected chi connectivity index (χ0v) is 23.7. The van der Waals surface area contributed by atoms with E-state index in [4.69, 9.17) is 41.4 Å². The van der Waals surface area contributed by atoms with Crippen LogP contribution in [0.5, 0.6) is 17.2 Å². The Hall–Kier alpha value is -3.29. The van der Waals surface area contributed by atoms with Crippen molar-refractivity contribution in [1.82, 2.24) is 4.57 Å². The van der Waals surface area contributed by atoms with Gasteiger partial charge in [0, 0.05) is 37.7 Å². The Morgan fingerprint density at radius 3 is 2.51 bits per heavy atom. The summed E-state index contributed by atoms with van der Waals surface area (Å²) in [4.78, 5) is 8.78. The van der Waals surface area contributed by atoms with Crippen LogP contribution in [0, 0.1) is 5.92 Å². The lowest BCUT2D eigenvalue weighted by Crippen LogP contribution is -2.43. The fourth-order valence-electron chi connectivity index (χ4n) is 4.71. The Morgan fingerprint density at radius 2 is 1.93 bits per heavy atom. The van der Waals surface area contributed by atoms with Gasteiger partial charge in [-0.05, 0) is 31.6 Å². The number of methoxy groups -OCH3 is 1. The van der Waals surface area contributed by atoms with Crippen LogP contribution in [0.4, 0.5) is 13.2 Å². The molecule has 0 bridgehead atoms. The van der Waals surface area contributed by atoms with E-state index in [1.54, 1.807) is 13.3 Å². The van der Waals surface area contributed by atoms with Crippen LogP contribution in [-0.4, -0.2) is 43.6 Å². The van der Waals surface area contributed by atoms with Gasteiger partial charge >= 0.3 is 6.18 Å². The largest absolute Gasteiger partial charge is 0.868 e. The van der Waals surface area contributed by atoms with Gasteiger partial charge in [-0.2, -0.15) is 13.2 Å². The highest BCUT2D eigenvalue weighted by atomic mass is 35.5. The Balaban J connectivity index is 0.000000587. The first-order chi connectivity index (χ1) is 19.5. The predicted molar refractivity (Wildman–Crippen MR) is 138 cm³/mol. The van der Waals surface area contributed by atoms with Crippen molar-refractivity contribution in [1.29, 1.82) is 0 Å². The lowest BCUT2D eigenvalue weighted by Gasteiger charge is -2.21. The van der Waals surface area contributed by atoms with Crippen LogP contribution >= 0.6 is 11.6 Å². The summed E-state index contributed by atoms with van der Waals surface area (Å²) in [5.74, 6) is -0.226. The highest BCUT2D eigenvalue weighted by Crippen LogP contribution is 2.31. The van der Waals surface area contributed by atoms with Gasteiger partial charge in [0.2, 0.25) is 6.20 Å². The number of pyridine rings is 1. The molecule has 3 heterocycles. The van der Waals surface area contributed by atoms with Crippen molar-refractivity contribution >= 4 is 28.6 Å². The zero-order chi connectivity index (χ0) is 30.2. The number of hydrogen-bond donors (Lipinski definition) is 1. The number of carbonyl (C=O) groups is 1. The monoisotopic (exact) mass is 602 g/mol. The topological polar surface area (TPSA) is 130 Å². The van der Waals surface area contributed by atoms with E-state index in [-0.39, 0.29) is 5.75 Å². The maximum atomic E-state index is 11.8. The van der Waals surface area contributed by atoms with E-state index in [2.05, 4.69) is 16.1 Å². The van der Waals surface area contributed by atoms with E-state index < -0.39 is 12.1 Å². The molecule has 41 heavy (non-hydrogen) atoms. The van der Waals surface area contributed by atoms with Gasteiger partial charge in [0.25, 0.3) is 5.82 Å². The molecule has 0 unspecified atom stereocenters. The van der Waals surface area contributed by atoms with E-state index >= 15 is 0 Å². The van der Waals surface area contributed by atoms with Crippen molar-refractivity contribution in [2.45, 2.75) is 58.5 Å². The molecule has 1 aliphatic heterocycles. The normalized spacial score (nSPS) is 14.0. The molecule has 4 rings (SSSR count). The fraction of sp³-hybridized carbons (Fsp3) is 0.519. The molecule has 0 radical (unpaired) electrons. The molecule has 1 saturated heterocycles. The summed E-state index contributed by atoms with van der Waals surface area (Å²) in [6.07, 6.45) is 1.00. The molecule has 0 amide bonds. The summed E-state index contributed by atoms with van der Waals surface area (Å²) in [6, 6.07) is 5.49. The molecule has 1 fully saturated rings. The molecule has 2 N–H and O–H groups in total. The summed E-state index contributed by atoms with van der Waals surface area (Å²) in [5, 5.41) is 21.1. The fourth-order valence-corrected chi connectivity index (χ4v) is 4.92. The Labute approximate surface area is 240 Å². The number of rotatable bonds is 10. The molecule has 0 atom stereocenters. The van der Waals surface area contributed by atoms with E-state index in [1.807, 2.05) is 22.9 Å². The number of aromatic nitrogens is 3. The summed E-state index contributed by atoms with van der Waals surface area (Å²) in [7, 11) is 1.55. The van der Waals surface area contributed by atoms with Crippen LogP contribution in [0.15, 0.2) is 30.6 Å². The second-order valence-corrected chi connectivity index (χ2v) is 9.85. The van der Waals surface area contributed by atoms with Crippen molar-refractivity contribution in [2.75, 3.05) is 26.9 Å². The molecule has 0 saturated carbocycles. The van der Waals surface area contributed by atoms with Crippen LogP contribution in [0.25, 0.3) is 11.0 Å². The van der Waals surface area contributed by atoms with Crippen molar-refractivity contribution in [2.24, 2.45) is 11.7 Å². The quantitative estimate of drug-likeness (QED) is 0.276. The highest BCUT2D eigenvalue weighted by Gasteiger charge is 2.29. The van der Waals surface area contributed by atoms with Crippen molar-refractivity contribution in [3.8, 4) is 17.2 Å². The first kappa shape index (κ1) is 32.2. The average Bonchev–Trinajstić information content (AvgIpc) is 3.21. The maximum Gasteiger partial charge on any atom is 0.430 e. The van der Waals surface area contributed by atoms with E-state index in [0.29, 0.717) is 42.1 Å². The van der Waals surface area contributed by atoms with E-state index in [9.17, 15) is 18.3 Å². The molecule has 10 nitrogen and oxygen atoms in total. The third-order valence-corrected chi connectivity index (χ3v) is 6.97. The molecule has 1 aliphatic rings. The van der Waals surface area contributed by atoms with E-state index in [1.165, 1.54) is 6.07 Å². The molecular formula is C27H34ClF3N4O6. The number of carboxylic acids is 1. The number of benzene rings is 1. The van der Waals surface area contributed by atoms with Crippen molar-refractivity contribution in [3.63, 3.8) is 0 Å². The number of aliphatic carboxylic acids is 1. The number of halogens is 4. The van der Waals surface area contributed by atoms with Gasteiger partial charge in [0.15, 0.2) is 29.5 Å². The molecule has 0 aliphatic carbocycles. The number of carbonyl (C=O) groups excluding carboxylic acids is 1. The molecule has 0 spiro atoms. The van der Waals surface area contributed by atoms with Gasteiger partial charge in [-0.15, -0.1) is 0 Å². The predicted octanol–water partition coefficient (Wildman–Crippen LogP) is 1.62. The minimum Gasteiger partial charge on any atom is -0.868 e. The van der Waals surface area contributed by atoms with Crippen molar-refractivity contribution in [3.05, 3.63) is 41.4 Å². The number of fused-ring (bicyclic) bond motifs is 1. The van der Waals surface area contributed by atoms with Gasteiger partial charge in [-0.1, -0.05) is 11.6 Å². The molecule has 1 aromatic carbocycles. The summed E-state index contributed by atoms with van der Waals surface area (Å²) >= 11 is 6.63. The Bertz CT molecular complexity index is 1330. The SMILES string of the molecule is CCn1c(CN)[n+](CC2CCOCC2)c2cc(OCCC[n+]3cc([O-])cc(OC)c3)c(Cl)cc21.O=C([O-])C(F)(F)F. The number of ether oxygens (including phenoxy) is 3. The van der Waals surface area contributed by atoms with Gasteiger partial charge in [-0.25, -0.2) is 13.7 Å². The minimum atomic E-state index is -5.19. The first-order valence-electron chi connectivity index (χ1n) is 13.2. The number of imidazole rings is 1. The van der Waals surface area contributed by atoms with Crippen LogP contribution in [0.2, 0.25) is 5.02 Å². The Morgan fingerprint density at radius 1 is 1.24 bits per heavy atom. The highest BCUT2D eigenvalue weighted by molar-refractivity contribution is 6.32. The number of carboxylic acid groups (broad SMARTS) is 1. The van der Waals surface area contributed by atoms with Crippen molar-refractivity contribution < 1.29 is 51.5 Å². The average molecular weight is 603 g/mol. The lowest BCUT2D eigenvalue weighted by molar-refractivity contribution is -0.699. The van der Waals surface area contributed by atoms with E-state index in [0.717, 1.165) is 62.4 Å². The third kappa shape index (κ3) is 8.60. The lowest BCUT2D eigenvalue weighted by atomic mass is 10.0. The second-order valence-electron chi connectivity index (χ2n) is 9.44. The van der Waals surface area contributed by atoms with Crippen LogP contribution < -0.4 is 34.6 Å². The number of nitrogens with zero attached hydrogens (tertiary/aromatic N) is 3. The van der Waals surface area contributed by atoms with Gasteiger partial charge in [-0.3, -0.25) is 0 Å². The summed E-state index contributed by atoms with van der Waals surface area (Å²) < 4.78 is 54.8. The van der Waals surface area contributed by atoms with Gasteiger partial charge in [0.1, 0.15) is 11.7 Å². The number of hydrogen-bond acceptors (Lipinski definition) is 7. The minimum absolute atomic E-state index is 0.0843. The molecule has 14 heteroatoms. The number of alkyl halides is 3. The standard InChI is InChI=1S/C25H34ClN4O4.C2HF3O2/c1-3-29-22-12-21(26)24(34-8-4-7-28-16-19(31)11-20(17-28)32-2)13-23(22)30(25(29)14-27)15-18-5-9-33-10-6-18;3-2(4,5)1(6)7/h11-13,16-18H,3-10,14-15,27H2,1-2H3;(H,6,7)/q+1;/p-1. The van der Waals surface area contributed by atoms with Crippen LogP contribution in [-0.2, 0) is 35.7 Å². The molecule has 3 aromatic rings. The molecule has 2 aromatic heterocycles. The summed E-state index contributed by atoms with van der Waals surface area (Å²) in [5.41, 5.74) is 8.35. The van der Waals surface area contributed by atoms with Crippen LogP contribution in [0.1, 0.15) is 32.0 Å². The van der Waals surface area contributed by atoms with Gasteiger partial charge in [0.05, 0.1) is 38.4 Å². The number of nitrogens with two attached hydrogens (primary N) is 1. The second kappa shape index (κ2) is 14.6. The number of aryl methyl sites for hydroxylation is 2. The maximum absolute atomic E-state index is 11.8. The Kier molecular flexibility index (Phi) is 11.4.